The Morgan fingerprint density at radius 3 is 2.76 bits per heavy atom. The van der Waals surface area contributed by atoms with Crippen LogP contribution in [0.15, 0.2) is 28.7 Å². The van der Waals surface area contributed by atoms with Gasteiger partial charge in [0.25, 0.3) is 0 Å². The van der Waals surface area contributed by atoms with Gasteiger partial charge < -0.3 is 14.1 Å². The highest BCUT2D eigenvalue weighted by atomic mass is 35.5. The van der Waals surface area contributed by atoms with Gasteiger partial charge in [0, 0.05) is 36.8 Å². The molecule has 0 unspecified atom stereocenters. The lowest BCUT2D eigenvalue weighted by Crippen LogP contribution is -2.49. The molecule has 1 amide bonds. The number of carbonyl (C=O) groups is 1. The summed E-state index contributed by atoms with van der Waals surface area (Å²) in [6.45, 7) is 6.93. The minimum atomic E-state index is -0.254. The van der Waals surface area contributed by atoms with Crippen LogP contribution in [-0.2, 0) is 4.74 Å². The lowest BCUT2D eigenvalue weighted by atomic mass is 10.2. The Morgan fingerprint density at radius 1 is 1.32 bits per heavy atom. The fourth-order valence-electron chi connectivity index (χ4n) is 2.80. The van der Waals surface area contributed by atoms with Crippen molar-refractivity contribution >= 4 is 17.7 Å². The standard InChI is InChI=1S/C17H21ClN4O3/c1-3-24-17(23)22-9-7-21(8-10-22)12(2)15-19-20-16(25-15)13-5-4-6-14(18)11-13/h4-6,11-12H,3,7-10H2,1-2H3/t12-/m1/s1. The van der Waals surface area contributed by atoms with E-state index >= 15 is 0 Å². The summed E-state index contributed by atoms with van der Waals surface area (Å²) < 4.78 is 10.9. The van der Waals surface area contributed by atoms with Gasteiger partial charge in [-0.3, -0.25) is 4.90 Å². The highest BCUT2D eigenvalue weighted by Gasteiger charge is 2.28. The number of hydrogen-bond donors (Lipinski definition) is 0. The highest BCUT2D eigenvalue weighted by Crippen LogP contribution is 2.26. The minimum Gasteiger partial charge on any atom is -0.450 e. The molecule has 2 heterocycles. The van der Waals surface area contributed by atoms with Crippen LogP contribution in [0, 0.1) is 0 Å². The molecule has 0 saturated carbocycles. The molecule has 0 spiro atoms. The molecule has 25 heavy (non-hydrogen) atoms. The van der Waals surface area contributed by atoms with E-state index in [1.54, 1.807) is 17.0 Å². The normalized spacial score (nSPS) is 16.7. The smallest absolute Gasteiger partial charge is 0.409 e. The van der Waals surface area contributed by atoms with Gasteiger partial charge >= 0.3 is 6.09 Å². The van der Waals surface area contributed by atoms with Crippen LogP contribution in [0.5, 0.6) is 0 Å². The predicted molar refractivity (Wildman–Crippen MR) is 93.3 cm³/mol. The van der Waals surface area contributed by atoms with Crippen molar-refractivity contribution in [2.75, 3.05) is 32.8 Å². The zero-order chi connectivity index (χ0) is 17.8. The molecule has 1 aliphatic heterocycles. The Kier molecular flexibility index (Phi) is 5.55. The molecular weight excluding hydrogens is 344 g/mol. The van der Waals surface area contributed by atoms with E-state index in [0.717, 1.165) is 18.7 Å². The van der Waals surface area contributed by atoms with Gasteiger partial charge in [0.15, 0.2) is 0 Å². The van der Waals surface area contributed by atoms with Crippen LogP contribution < -0.4 is 0 Å². The fraction of sp³-hybridized carbons (Fsp3) is 0.471. The third-order valence-corrected chi connectivity index (χ3v) is 4.49. The van der Waals surface area contributed by atoms with Crippen molar-refractivity contribution in [1.82, 2.24) is 20.0 Å². The number of carbonyl (C=O) groups excluding carboxylic acids is 1. The SMILES string of the molecule is CCOC(=O)N1CCN([C@H](C)c2nnc(-c3cccc(Cl)c3)o2)CC1. The monoisotopic (exact) mass is 364 g/mol. The van der Waals surface area contributed by atoms with Gasteiger partial charge in [0.05, 0.1) is 12.6 Å². The zero-order valence-corrected chi connectivity index (χ0v) is 15.1. The first-order chi connectivity index (χ1) is 12.1. The van der Waals surface area contributed by atoms with Crippen molar-refractivity contribution in [3.8, 4) is 11.5 Å². The van der Waals surface area contributed by atoms with Crippen molar-refractivity contribution < 1.29 is 13.9 Å². The Labute approximate surface area is 151 Å². The summed E-state index contributed by atoms with van der Waals surface area (Å²) in [6.07, 6.45) is -0.254. The van der Waals surface area contributed by atoms with Gasteiger partial charge in [-0.2, -0.15) is 0 Å². The lowest BCUT2D eigenvalue weighted by molar-refractivity contribution is 0.0642. The van der Waals surface area contributed by atoms with Crippen LogP contribution in [0.25, 0.3) is 11.5 Å². The molecule has 2 aromatic rings. The van der Waals surface area contributed by atoms with Crippen molar-refractivity contribution in [3.05, 3.63) is 35.2 Å². The molecule has 0 aliphatic carbocycles. The number of nitrogens with zero attached hydrogens (tertiary/aromatic N) is 4. The van der Waals surface area contributed by atoms with Gasteiger partial charge in [-0.25, -0.2) is 4.79 Å². The molecule has 0 N–H and O–H groups in total. The van der Waals surface area contributed by atoms with Crippen LogP contribution in [0.3, 0.4) is 0 Å². The molecular formula is C17H21ClN4O3. The fourth-order valence-corrected chi connectivity index (χ4v) is 2.99. The second-order valence-corrected chi connectivity index (χ2v) is 6.29. The molecule has 0 bridgehead atoms. The molecule has 1 aromatic heterocycles. The van der Waals surface area contributed by atoms with Crippen LogP contribution in [0.1, 0.15) is 25.8 Å². The van der Waals surface area contributed by atoms with E-state index in [0.29, 0.717) is 36.5 Å². The molecule has 3 rings (SSSR count). The topological polar surface area (TPSA) is 71.7 Å². The average molecular weight is 365 g/mol. The Hall–Kier alpha value is -2.12. The lowest BCUT2D eigenvalue weighted by Gasteiger charge is -2.36. The van der Waals surface area contributed by atoms with Crippen LogP contribution >= 0.6 is 11.6 Å². The quantitative estimate of drug-likeness (QED) is 0.829. The summed E-state index contributed by atoms with van der Waals surface area (Å²) in [7, 11) is 0. The van der Waals surface area contributed by atoms with E-state index < -0.39 is 0 Å². The number of halogens is 1. The largest absolute Gasteiger partial charge is 0.450 e. The summed E-state index contributed by atoms with van der Waals surface area (Å²) in [6, 6.07) is 7.30. The first-order valence-electron chi connectivity index (χ1n) is 8.33. The van der Waals surface area contributed by atoms with Crippen LogP contribution in [0.2, 0.25) is 5.02 Å². The Balaban J connectivity index is 1.63. The Morgan fingerprint density at radius 2 is 2.08 bits per heavy atom. The maximum Gasteiger partial charge on any atom is 0.409 e. The predicted octanol–water partition coefficient (Wildman–Crippen LogP) is 3.23. The van der Waals surface area contributed by atoms with Gasteiger partial charge in [0.2, 0.25) is 11.8 Å². The van der Waals surface area contributed by atoms with E-state index in [1.807, 2.05) is 26.0 Å². The molecule has 1 aromatic carbocycles. The van der Waals surface area contributed by atoms with Crippen molar-refractivity contribution in [3.63, 3.8) is 0 Å². The zero-order valence-electron chi connectivity index (χ0n) is 14.3. The molecule has 8 heteroatoms. The second kappa shape index (κ2) is 7.84. The number of aromatic nitrogens is 2. The van der Waals surface area contributed by atoms with Crippen molar-refractivity contribution in [2.24, 2.45) is 0 Å². The van der Waals surface area contributed by atoms with E-state index in [-0.39, 0.29) is 12.1 Å². The number of ether oxygens (including phenoxy) is 1. The van der Waals surface area contributed by atoms with Crippen molar-refractivity contribution in [2.45, 2.75) is 19.9 Å². The van der Waals surface area contributed by atoms with E-state index in [2.05, 4.69) is 15.1 Å². The van der Waals surface area contributed by atoms with Crippen LogP contribution in [-0.4, -0.2) is 58.9 Å². The Bertz CT molecular complexity index is 728. The third-order valence-electron chi connectivity index (χ3n) is 4.26. The minimum absolute atomic E-state index is 0.0234. The van der Waals surface area contributed by atoms with E-state index in [9.17, 15) is 4.79 Å². The maximum absolute atomic E-state index is 11.8. The van der Waals surface area contributed by atoms with Gasteiger partial charge in [0.1, 0.15) is 0 Å². The first kappa shape index (κ1) is 17.7. The highest BCUT2D eigenvalue weighted by molar-refractivity contribution is 6.30. The summed E-state index contributed by atoms with van der Waals surface area (Å²) in [4.78, 5) is 15.7. The summed E-state index contributed by atoms with van der Waals surface area (Å²) in [5.74, 6) is 1.01. The van der Waals surface area contributed by atoms with Gasteiger partial charge in [-0.1, -0.05) is 17.7 Å². The average Bonchev–Trinajstić information content (AvgIpc) is 3.11. The molecule has 134 valence electrons. The van der Waals surface area contributed by atoms with Gasteiger partial charge in [-0.05, 0) is 32.0 Å². The van der Waals surface area contributed by atoms with Crippen molar-refractivity contribution in [1.29, 1.82) is 0 Å². The molecule has 1 fully saturated rings. The number of hydrogen-bond acceptors (Lipinski definition) is 6. The molecule has 7 nitrogen and oxygen atoms in total. The van der Waals surface area contributed by atoms with E-state index in [4.69, 9.17) is 20.8 Å². The first-order valence-corrected chi connectivity index (χ1v) is 8.71. The number of piperazine rings is 1. The summed E-state index contributed by atoms with van der Waals surface area (Å²) in [5.41, 5.74) is 0.797. The third kappa shape index (κ3) is 4.11. The summed E-state index contributed by atoms with van der Waals surface area (Å²) >= 11 is 6.01. The summed E-state index contributed by atoms with van der Waals surface area (Å²) in [5, 5.41) is 8.92. The maximum atomic E-state index is 11.8. The number of amides is 1. The number of rotatable bonds is 4. The van der Waals surface area contributed by atoms with Gasteiger partial charge in [-0.15, -0.1) is 10.2 Å². The molecule has 0 radical (unpaired) electrons. The van der Waals surface area contributed by atoms with Crippen LogP contribution in [0.4, 0.5) is 4.79 Å². The van der Waals surface area contributed by atoms with E-state index in [1.165, 1.54) is 0 Å². The molecule has 1 saturated heterocycles. The molecule has 1 atom stereocenters. The second-order valence-electron chi connectivity index (χ2n) is 5.85. The number of benzene rings is 1. The molecule has 1 aliphatic rings.